The highest BCUT2D eigenvalue weighted by Crippen LogP contribution is 2.55. The van der Waals surface area contributed by atoms with Crippen LogP contribution in [-0.4, -0.2) is 49.0 Å². The fraction of sp³-hybridized carbons (Fsp3) is 0.600. The second-order valence-electron chi connectivity index (χ2n) is 7.52. The molecule has 1 N–H and O–H groups in total. The van der Waals surface area contributed by atoms with E-state index in [0.717, 1.165) is 37.7 Å². The summed E-state index contributed by atoms with van der Waals surface area (Å²) in [5.41, 5.74) is -0.396. The fourth-order valence-electron chi connectivity index (χ4n) is 5.09. The third kappa shape index (κ3) is 2.81. The normalized spacial score (nSPS) is 31.7. The number of quaternary nitrogens is 1. The molecule has 6 heteroatoms. The van der Waals surface area contributed by atoms with E-state index in [1.807, 2.05) is 30.3 Å². The Morgan fingerprint density at radius 1 is 1.19 bits per heavy atom. The minimum atomic E-state index is -1.18. The molecule has 2 fully saturated rings. The molecule has 1 aromatic rings. The standard InChI is InChI=1S/C20H28NO5/c1-21(19(24)25-2)13-12-17(15-8-6-7-9-15)20(21,26-18(23)14-22)16-10-4-3-5-11-16/h3-5,10-11,15,17,22H,6-9,12-14H2,1-2H3/q+1. The van der Waals surface area contributed by atoms with Crippen LogP contribution in [0.15, 0.2) is 30.3 Å². The van der Waals surface area contributed by atoms with Crippen molar-refractivity contribution in [2.75, 3.05) is 27.3 Å². The van der Waals surface area contributed by atoms with Crippen molar-refractivity contribution in [3.63, 3.8) is 0 Å². The van der Waals surface area contributed by atoms with Crippen LogP contribution in [0, 0.1) is 11.8 Å². The van der Waals surface area contributed by atoms with Gasteiger partial charge in [0.25, 0.3) is 5.72 Å². The Hall–Kier alpha value is -1.92. The van der Waals surface area contributed by atoms with Crippen LogP contribution in [0.1, 0.15) is 37.7 Å². The molecule has 1 saturated carbocycles. The number of aliphatic hydroxyl groups is 1. The molecule has 1 amide bonds. The highest BCUT2D eigenvalue weighted by atomic mass is 16.6. The van der Waals surface area contributed by atoms with Crippen LogP contribution < -0.4 is 0 Å². The van der Waals surface area contributed by atoms with E-state index >= 15 is 0 Å². The minimum Gasteiger partial charge on any atom is -0.423 e. The first-order valence-electron chi connectivity index (χ1n) is 9.32. The van der Waals surface area contributed by atoms with E-state index in [0.29, 0.717) is 12.5 Å². The largest absolute Gasteiger partial charge is 0.519 e. The lowest BCUT2D eigenvalue weighted by molar-refractivity contribution is -0.915. The van der Waals surface area contributed by atoms with Crippen molar-refractivity contribution >= 4 is 12.1 Å². The monoisotopic (exact) mass is 362 g/mol. The Morgan fingerprint density at radius 3 is 2.42 bits per heavy atom. The number of methoxy groups -OCH3 is 1. The second-order valence-corrected chi connectivity index (χ2v) is 7.52. The number of nitrogens with zero attached hydrogens (tertiary/aromatic N) is 1. The van der Waals surface area contributed by atoms with Crippen molar-refractivity contribution in [1.82, 2.24) is 0 Å². The highest BCUT2D eigenvalue weighted by molar-refractivity contribution is 5.71. The first-order chi connectivity index (χ1) is 12.5. The predicted molar refractivity (Wildman–Crippen MR) is 94.8 cm³/mol. The van der Waals surface area contributed by atoms with E-state index in [2.05, 4.69) is 0 Å². The number of hydrogen-bond acceptors (Lipinski definition) is 5. The SMILES string of the molecule is COC(=O)[N+]1(C)CCC(C2CCCC2)C1(OC(=O)CO)c1ccccc1. The van der Waals surface area contributed by atoms with Gasteiger partial charge in [0.1, 0.15) is 6.61 Å². The zero-order chi connectivity index (χ0) is 18.8. The Morgan fingerprint density at radius 2 is 1.85 bits per heavy atom. The lowest BCUT2D eigenvalue weighted by atomic mass is 9.78. The number of carbonyl (C=O) groups is 2. The molecule has 6 nitrogen and oxygen atoms in total. The van der Waals surface area contributed by atoms with E-state index in [1.165, 1.54) is 7.11 Å². The summed E-state index contributed by atoms with van der Waals surface area (Å²) < 4.78 is 10.9. The summed E-state index contributed by atoms with van der Waals surface area (Å²) in [6, 6.07) is 9.47. The molecule has 2 aliphatic rings. The van der Waals surface area contributed by atoms with Gasteiger partial charge in [-0.3, -0.25) is 0 Å². The van der Waals surface area contributed by atoms with E-state index in [-0.39, 0.29) is 10.4 Å². The quantitative estimate of drug-likeness (QED) is 0.659. The molecule has 0 spiro atoms. The molecule has 1 aliphatic carbocycles. The Bertz CT molecular complexity index is 657. The zero-order valence-electron chi connectivity index (χ0n) is 15.5. The number of ether oxygens (including phenoxy) is 2. The molecule has 26 heavy (non-hydrogen) atoms. The molecule has 0 bridgehead atoms. The van der Waals surface area contributed by atoms with E-state index in [9.17, 15) is 14.7 Å². The average molecular weight is 362 g/mol. The van der Waals surface area contributed by atoms with Gasteiger partial charge in [-0.2, -0.15) is 9.28 Å². The first kappa shape index (κ1) is 18.9. The lowest BCUT2D eigenvalue weighted by Crippen LogP contribution is -2.64. The van der Waals surface area contributed by atoms with Crippen molar-refractivity contribution in [3.8, 4) is 0 Å². The summed E-state index contributed by atoms with van der Waals surface area (Å²) in [7, 11) is 3.14. The molecule has 0 radical (unpaired) electrons. The molecule has 142 valence electrons. The molecular formula is C20H28NO5+. The summed E-state index contributed by atoms with van der Waals surface area (Å²) in [5.74, 6) is -0.328. The molecule has 1 aromatic carbocycles. The molecule has 1 saturated heterocycles. The van der Waals surface area contributed by atoms with Crippen LogP contribution in [-0.2, 0) is 20.0 Å². The van der Waals surface area contributed by atoms with Crippen LogP contribution in [0.4, 0.5) is 4.79 Å². The van der Waals surface area contributed by atoms with Gasteiger partial charge >= 0.3 is 12.1 Å². The van der Waals surface area contributed by atoms with Crippen LogP contribution in [0.5, 0.6) is 0 Å². The van der Waals surface area contributed by atoms with Crippen molar-refractivity contribution in [3.05, 3.63) is 35.9 Å². The number of likely N-dealkylation sites (tertiary alicyclic amines) is 1. The number of esters is 1. The summed E-state index contributed by atoms with van der Waals surface area (Å²) in [6.45, 7) is -0.186. The number of aliphatic hydroxyl groups excluding tert-OH is 1. The van der Waals surface area contributed by atoms with Crippen LogP contribution in [0.25, 0.3) is 0 Å². The zero-order valence-corrected chi connectivity index (χ0v) is 15.5. The highest BCUT2D eigenvalue weighted by Gasteiger charge is 2.69. The maximum atomic E-state index is 12.9. The van der Waals surface area contributed by atoms with E-state index in [4.69, 9.17) is 9.47 Å². The fourth-order valence-corrected chi connectivity index (χ4v) is 5.09. The number of amides is 1. The average Bonchev–Trinajstić information content (AvgIpc) is 3.29. The smallest absolute Gasteiger partial charge is 0.423 e. The van der Waals surface area contributed by atoms with E-state index in [1.54, 1.807) is 7.05 Å². The van der Waals surface area contributed by atoms with Crippen molar-refractivity contribution in [2.24, 2.45) is 11.8 Å². The van der Waals surface area contributed by atoms with Gasteiger partial charge in [-0.05, 0) is 30.9 Å². The summed E-state index contributed by atoms with van der Waals surface area (Å²) in [5, 5.41) is 9.38. The minimum absolute atomic E-state index is 0.00648. The Balaban J connectivity index is 2.19. The van der Waals surface area contributed by atoms with Gasteiger partial charge in [-0.1, -0.05) is 31.0 Å². The third-order valence-corrected chi connectivity index (χ3v) is 6.26. The molecule has 0 aromatic heterocycles. The van der Waals surface area contributed by atoms with Gasteiger partial charge in [0.15, 0.2) is 0 Å². The number of hydrogen-bond donors (Lipinski definition) is 1. The van der Waals surface area contributed by atoms with Crippen molar-refractivity contribution in [1.29, 1.82) is 0 Å². The first-order valence-corrected chi connectivity index (χ1v) is 9.32. The predicted octanol–water partition coefficient (Wildman–Crippen LogP) is 2.80. The molecule has 1 aliphatic heterocycles. The molecular weight excluding hydrogens is 334 g/mol. The lowest BCUT2D eigenvalue weighted by Gasteiger charge is -2.45. The summed E-state index contributed by atoms with van der Waals surface area (Å²) in [4.78, 5) is 25.1. The second kappa shape index (κ2) is 7.37. The van der Waals surface area contributed by atoms with Crippen LogP contribution in [0.2, 0.25) is 0 Å². The topological polar surface area (TPSA) is 72.8 Å². The van der Waals surface area contributed by atoms with E-state index < -0.39 is 24.4 Å². The van der Waals surface area contributed by atoms with Gasteiger partial charge in [-0.15, -0.1) is 0 Å². The molecule has 3 unspecified atom stereocenters. The number of rotatable bonds is 4. The molecule has 1 heterocycles. The summed E-state index contributed by atoms with van der Waals surface area (Å²) in [6.07, 6.45) is 4.78. The Labute approximate surface area is 154 Å². The van der Waals surface area contributed by atoms with Crippen molar-refractivity contribution in [2.45, 2.75) is 37.8 Å². The van der Waals surface area contributed by atoms with Gasteiger partial charge in [0.05, 0.1) is 32.2 Å². The van der Waals surface area contributed by atoms with Crippen molar-refractivity contribution < 1.29 is 28.7 Å². The Kier molecular flexibility index (Phi) is 5.34. The molecule has 3 rings (SSSR count). The molecule has 3 atom stereocenters. The van der Waals surface area contributed by atoms with Gasteiger partial charge in [0.2, 0.25) is 0 Å². The number of benzene rings is 1. The third-order valence-electron chi connectivity index (χ3n) is 6.26. The van der Waals surface area contributed by atoms with Crippen LogP contribution >= 0.6 is 0 Å². The van der Waals surface area contributed by atoms with Gasteiger partial charge in [-0.25, -0.2) is 4.79 Å². The maximum Gasteiger partial charge on any atom is 0.519 e. The van der Waals surface area contributed by atoms with Gasteiger partial charge in [0, 0.05) is 6.42 Å². The van der Waals surface area contributed by atoms with Crippen LogP contribution in [0.3, 0.4) is 0 Å². The summed E-state index contributed by atoms with van der Waals surface area (Å²) >= 11 is 0. The number of carbonyl (C=O) groups excluding carboxylic acids is 2. The van der Waals surface area contributed by atoms with Gasteiger partial charge < -0.3 is 14.6 Å². The maximum absolute atomic E-state index is 12.9.